The van der Waals surface area contributed by atoms with Crippen LogP contribution in [-0.4, -0.2) is 35.9 Å². The van der Waals surface area contributed by atoms with Crippen molar-refractivity contribution in [3.8, 4) is 11.5 Å². The minimum atomic E-state index is -0.339. The number of carbonyl (C=O) groups excluding carboxylic acids is 1. The van der Waals surface area contributed by atoms with Crippen molar-refractivity contribution in [2.24, 2.45) is 0 Å². The van der Waals surface area contributed by atoms with Gasteiger partial charge in [-0.2, -0.15) is 5.10 Å². The highest BCUT2D eigenvalue weighted by Gasteiger charge is 2.10. The minimum absolute atomic E-state index is 0.186. The van der Waals surface area contributed by atoms with Crippen LogP contribution >= 0.6 is 0 Å². The lowest BCUT2D eigenvalue weighted by molar-refractivity contribution is 0.0948. The van der Waals surface area contributed by atoms with Gasteiger partial charge in [0.2, 0.25) is 0 Å². The molecule has 124 valence electrons. The fourth-order valence-electron chi connectivity index (χ4n) is 2.21. The van der Waals surface area contributed by atoms with Gasteiger partial charge in [-0.25, -0.2) is 5.10 Å². The van der Waals surface area contributed by atoms with Gasteiger partial charge in [-0.05, 0) is 30.2 Å². The van der Waals surface area contributed by atoms with Crippen LogP contribution in [0.2, 0.25) is 0 Å². The Hall–Kier alpha value is -3.09. The van der Waals surface area contributed by atoms with Crippen LogP contribution in [0, 0.1) is 0 Å². The average molecular weight is 327 g/mol. The van der Waals surface area contributed by atoms with Crippen LogP contribution in [0.1, 0.15) is 22.5 Å². The summed E-state index contributed by atoms with van der Waals surface area (Å²) in [6.07, 6.45) is 4.60. The normalized spacial score (nSPS) is 13.0. The molecular formula is C17H17N3O4. The SMILES string of the molecule is O=C(NCC/C=C/c1ccc2c(c1)OCCO2)c1ccc(=O)[nH]n1. The molecule has 0 unspecified atom stereocenters. The van der Waals surface area contributed by atoms with E-state index >= 15 is 0 Å². The lowest BCUT2D eigenvalue weighted by atomic mass is 10.1. The maximum absolute atomic E-state index is 11.8. The maximum Gasteiger partial charge on any atom is 0.271 e. The molecule has 1 aliphatic rings. The number of carbonyl (C=O) groups is 1. The monoisotopic (exact) mass is 327 g/mol. The summed E-state index contributed by atoms with van der Waals surface area (Å²) in [7, 11) is 0. The van der Waals surface area contributed by atoms with Crippen molar-refractivity contribution >= 4 is 12.0 Å². The summed E-state index contributed by atoms with van der Waals surface area (Å²) < 4.78 is 11.0. The molecule has 0 bridgehead atoms. The Morgan fingerprint density at radius 3 is 2.83 bits per heavy atom. The lowest BCUT2D eigenvalue weighted by Crippen LogP contribution is -2.26. The minimum Gasteiger partial charge on any atom is -0.486 e. The molecule has 1 amide bonds. The van der Waals surface area contributed by atoms with Gasteiger partial charge >= 0.3 is 0 Å². The van der Waals surface area contributed by atoms with E-state index in [0.717, 1.165) is 17.1 Å². The zero-order chi connectivity index (χ0) is 16.8. The first-order valence-electron chi connectivity index (χ1n) is 7.62. The molecule has 1 aromatic carbocycles. The number of hydrogen-bond donors (Lipinski definition) is 2. The van der Waals surface area contributed by atoms with E-state index < -0.39 is 0 Å². The van der Waals surface area contributed by atoms with E-state index in [1.807, 2.05) is 30.4 Å². The molecule has 0 saturated heterocycles. The van der Waals surface area contributed by atoms with Crippen molar-refractivity contribution < 1.29 is 14.3 Å². The van der Waals surface area contributed by atoms with E-state index in [9.17, 15) is 9.59 Å². The van der Waals surface area contributed by atoms with Crippen molar-refractivity contribution in [1.82, 2.24) is 15.5 Å². The van der Waals surface area contributed by atoms with E-state index in [1.165, 1.54) is 12.1 Å². The molecule has 0 radical (unpaired) electrons. The molecule has 3 rings (SSSR count). The fourth-order valence-corrected chi connectivity index (χ4v) is 2.21. The average Bonchev–Trinajstić information content (AvgIpc) is 2.61. The predicted molar refractivity (Wildman–Crippen MR) is 88.3 cm³/mol. The second kappa shape index (κ2) is 7.45. The standard InChI is InChI=1S/C17H17N3O4/c21-16-7-5-13(19-20-16)17(22)18-8-2-1-3-12-4-6-14-15(11-12)24-10-9-23-14/h1,3-7,11H,2,8-10H2,(H,18,22)(H,20,21)/b3-1+. The van der Waals surface area contributed by atoms with Crippen LogP contribution in [0.4, 0.5) is 0 Å². The Balaban J connectivity index is 1.47. The van der Waals surface area contributed by atoms with Crippen LogP contribution in [0.3, 0.4) is 0 Å². The molecule has 2 N–H and O–H groups in total. The Kier molecular flexibility index (Phi) is 4.90. The summed E-state index contributed by atoms with van der Waals surface area (Å²) >= 11 is 0. The molecule has 0 fully saturated rings. The van der Waals surface area contributed by atoms with Crippen molar-refractivity contribution in [3.05, 3.63) is 58.0 Å². The molecule has 2 heterocycles. The summed E-state index contributed by atoms with van der Waals surface area (Å²) in [5, 5.41) is 8.63. The molecular weight excluding hydrogens is 310 g/mol. The highest BCUT2D eigenvalue weighted by molar-refractivity contribution is 5.91. The maximum atomic E-state index is 11.8. The first-order chi connectivity index (χ1) is 11.7. The van der Waals surface area contributed by atoms with Crippen LogP contribution in [0.15, 0.2) is 41.2 Å². The number of ether oxygens (including phenoxy) is 2. The summed E-state index contributed by atoms with van der Waals surface area (Å²) in [5.41, 5.74) is 0.854. The predicted octanol–water partition coefficient (Wildman–Crippen LogP) is 1.37. The number of nitrogens with zero attached hydrogens (tertiary/aromatic N) is 1. The third kappa shape index (κ3) is 4.01. The van der Waals surface area contributed by atoms with Gasteiger partial charge in [-0.1, -0.05) is 18.2 Å². The number of amides is 1. The summed E-state index contributed by atoms with van der Waals surface area (Å²) in [6.45, 7) is 1.61. The van der Waals surface area contributed by atoms with Gasteiger partial charge in [0.15, 0.2) is 11.5 Å². The van der Waals surface area contributed by atoms with Gasteiger partial charge in [-0.3, -0.25) is 9.59 Å². The summed E-state index contributed by atoms with van der Waals surface area (Å²) in [5.74, 6) is 1.19. The van der Waals surface area contributed by atoms with Crippen LogP contribution in [0.5, 0.6) is 11.5 Å². The van der Waals surface area contributed by atoms with Gasteiger partial charge in [-0.15, -0.1) is 0 Å². The van der Waals surface area contributed by atoms with Crippen molar-refractivity contribution in [2.75, 3.05) is 19.8 Å². The van der Waals surface area contributed by atoms with Crippen LogP contribution in [-0.2, 0) is 0 Å². The first-order valence-corrected chi connectivity index (χ1v) is 7.62. The highest BCUT2D eigenvalue weighted by Crippen LogP contribution is 2.31. The topological polar surface area (TPSA) is 93.3 Å². The Bertz CT molecular complexity index is 793. The van der Waals surface area contributed by atoms with Crippen molar-refractivity contribution in [3.63, 3.8) is 0 Å². The fraction of sp³-hybridized carbons (Fsp3) is 0.235. The quantitative estimate of drug-likeness (QED) is 0.809. The van der Waals surface area contributed by atoms with E-state index in [1.54, 1.807) is 0 Å². The van der Waals surface area contributed by atoms with E-state index in [4.69, 9.17) is 9.47 Å². The van der Waals surface area contributed by atoms with Crippen molar-refractivity contribution in [1.29, 1.82) is 0 Å². The molecule has 0 spiro atoms. The number of rotatable bonds is 5. The smallest absolute Gasteiger partial charge is 0.271 e. The second-order valence-electron chi connectivity index (χ2n) is 5.16. The number of H-pyrrole nitrogens is 1. The molecule has 24 heavy (non-hydrogen) atoms. The number of aromatic nitrogens is 2. The third-order valence-corrected chi connectivity index (χ3v) is 3.38. The van der Waals surface area contributed by atoms with E-state index in [2.05, 4.69) is 15.5 Å². The lowest BCUT2D eigenvalue weighted by Gasteiger charge is -2.18. The largest absolute Gasteiger partial charge is 0.486 e. The number of hydrogen-bond acceptors (Lipinski definition) is 5. The molecule has 0 saturated carbocycles. The van der Waals surface area contributed by atoms with Gasteiger partial charge in [0, 0.05) is 12.6 Å². The Labute approximate surface area is 138 Å². The molecule has 1 aromatic heterocycles. The van der Waals surface area contributed by atoms with E-state index in [0.29, 0.717) is 26.2 Å². The number of aromatic amines is 1. The molecule has 0 aliphatic carbocycles. The first kappa shape index (κ1) is 15.8. The summed E-state index contributed by atoms with van der Waals surface area (Å²) in [6, 6.07) is 8.42. The molecule has 7 heteroatoms. The molecule has 7 nitrogen and oxygen atoms in total. The van der Waals surface area contributed by atoms with E-state index in [-0.39, 0.29) is 17.2 Å². The van der Waals surface area contributed by atoms with Gasteiger partial charge in [0.25, 0.3) is 11.5 Å². The van der Waals surface area contributed by atoms with Crippen LogP contribution < -0.4 is 20.3 Å². The van der Waals surface area contributed by atoms with Gasteiger partial charge in [0.05, 0.1) is 0 Å². The summed E-state index contributed by atoms with van der Waals surface area (Å²) in [4.78, 5) is 22.7. The Morgan fingerprint density at radius 2 is 2.04 bits per heavy atom. The molecule has 1 aliphatic heterocycles. The molecule has 0 atom stereocenters. The van der Waals surface area contributed by atoms with Gasteiger partial charge < -0.3 is 14.8 Å². The molecule has 2 aromatic rings. The third-order valence-electron chi connectivity index (χ3n) is 3.38. The zero-order valence-corrected chi connectivity index (χ0v) is 13.0. The second-order valence-corrected chi connectivity index (χ2v) is 5.16. The Morgan fingerprint density at radius 1 is 1.21 bits per heavy atom. The van der Waals surface area contributed by atoms with Crippen LogP contribution in [0.25, 0.3) is 6.08 Å². The number of nitrogens with one attached hydrogen (secondary N) is 2. The van der Waals surface area contributed by atoms with Crippen molar-refractivity contribution in [2.45, 2.75) is 6.42 Å². The number of benzene rings is 1. The van der Waals surface area contributed by atoms with Gasteiger partial charge in [0.1, 0.15) is 18.9 Å². The zero-order valence-electron chi connectivity index (χ0n) is 13.0. The number of fused-ring (bicyclic) bond motifs is 1. The highest BCUT2D eigenvalue weighted by atomic mass is 16.6.